The molecule has 0 radical (unpaired) electrons. The number of para-hydroxylation sites is 6. The van der Waals surface area contributed by atoms with Crippen molar-refractivity contribution in [3.8, 4) is 135 Å². The zero-order valence-corrected chi connectivity index (χ0v) is 72.9. The quantitative estimate of drug-likeness (QED) is 0.118. The molecule has 0 aliphatic rings. The molecule has 9 nitrogen and oxygen atoms in total. The third kappa shape index (κ3) is 14.9. The van der Waals surface area contributed by atoms with Gasteiger partial charge in [-0.2, -0.15) is 0 Å². The number of hydrogen-bond donors (Lipinski definition) is 0. The highest BCUT2D eigenvalue weighted by molar-refractivity contribution is 6.18. The smallest absolute Gasteiger partial charge is 0.160 e. The molecule has 0 unspecified atom stereocenters. The lowest BCUT2D eigenvalue weighted by atomic mass is 9.97. The van der Waals surface area contributed by atoms with Gasteiger partial charge in [-0.1, -0.05) is 394 Å². The Morgan fingerprint density at radius 2 is 0.348 bits per heavy atom. The summed E-state index contributed by atoms with van der Waals surface area (Å²) in [5.41, 5.74) is 31.2. The van der Waals surface area contributed by atoms with E-state index in [-0.39, 0.29) is 0 Å². The second-order valence-electron chi connectivity index (χ2n) is 34.2. The van der Waals surface area contributed by atoms with Gasteiger partial charge in [-0.3, -0.25) is 0 Å². The molecule has 0 saturated heterocycles. The Bertz CT molecular complexity index is 9260. The summed E-state index contributed by atoms with van der Waals surface area (Å²) in [6.07, 6.45) is 0. The van der Waals surface area contributed by atoms with Crippen LogP contribution in [0.15, 0.2) is 486 Å². The fourth-order valence-corrected chi connectivity index (χ4v) is 19.1. The predicted octanol–water partition coefficient (Wildman–Crippen LogP) is 34.1. The standard InChI is InChI=1S/C48H30N2O.C42H26N2O.C36H22N2O/c1-2-9-31(10-3-1)32-17-19-33(20-18-32)37-11-8-12-39(29-37)48-49-44-15-6-4-14-42(44)46(50-48)36-24-21-34(22-25-36)38-26-23-35-27-28-41-40-13-5-7-16-45(40)51-47(41)43(35)30-38;1-2-8-27(9-3-1)28-16-21-32(22-17-28)42-43-38-12-6-4-11-36(38)40(44-42)31-19-14-29(15-20-31)33-23-18-30-24-25-35-34-10-5-7-13-39(34)45-41(35)37(30)26-33;1-2-8-26(9-3-1)36-37-32-12-6-4-11-30(32)34(38-36)25-17-14-23(15-18-25)27-19-16-24-20-21-29-28-10-5-7-13-33(28)39-35(29)31(24)22-27/h1-30H;1-26H;1-22H. The van der Waals surface area contributed by atoms with Crippen LogP contribution in [0.1, 0.15) is 0 Å². The van der Waals surface area contributed by atoms with E-state index in [9.17, 15) is 0 Å². The first-order valence-corrected chi connectivity index (χ1v) is 45.5. The molecular formula is C126H78N6O3. The number of hydrogen-bond acceptors (Lipinski definition) is 9. The normalized spacial score (nSPS) is 11.6. The molecule has 0 saturated carbocycles. The van der Waals surface area contributed by atoms with Crippen LogP contribution in [-0.2, 0) is 0 Å². The average Bonchev–Trinajstić information content (AvgIpc) is 1.62. The summed E-state index contributed by atoms with van der Waals surface area (Å²) in [6, 6.07) is 165. The maximum Gasteiger partial charge on any atom is 0.160 e. The molecular weight excluding hydrogens is 1650 g/mol. The molecule has 0 atom stereocenters. The lowest BCUT2D eigenvalue weighted by Gasteiger charge is -2.11. The second-order valence-corrected chi connectivity index (χ2v) is 34.2. The van der Waals surface area contributed by atoms with E-state index in [1.165, 1.54) is 33.0 Å². The van der Waals surface area contributed by atoms with Gasteiger partial charge in [0.05, 0.1) is 33.6 Å². The number of fused-ring (bicyclic) bond motifs is 18. The summed E-state index contributed by atoms with van der Waals surface area (Å²) in [4.78, 5) is 30.2. The highest BCUT2D eigenvalue weighted by Crippen LogP contribution is 2.44. The summed E-state index contributed by atoms with van der Waals surface area (Å²) in [6.45, 7) is 0. The van der Waals surface area contributed by atoms with Crippen LogP contribution in [0.3, 0.4) is 0 Å². The van der Waals surface area contributed by atoms with E-state index in [0.29, 0.717) is 5.82 Å². The number of rotatable bonds is 12. The molecule has 0 bridgehead atoms. The van der Waals surface area contributed by atoms with Gasteiger partial charge < -0.3 is 13.3 Å². The van der Waals surface area contributed by atoms with Crippen LogP contribution in [0.25, 0.3) is 266 Å². The van der Waals surface area contributed by atoms with Crippen LogP contribution in [0.4, 0.5) is 0 Å². The lowest BCUT2D eigenvalue weighted by Crippen LogP contribution is -1.95. The molecule has 0 amide bonds. The molecule has 21 aromatic carbocycles. The first-order valence-electron chi connectivity index (χ1n) is 45.5. The zero-order valence-electron chi connectivity index (χ0n) is 72.9. The molecule has 27 aromatic rings. The van der Waals surface area contributed by atoms with Gasteiger partial charge in [0.2, 0.25) is 0 Å². The van der Waals surface area contributed by atoms with E-state index in [1.807, 2.05) is 97.1 Å². The second kappa shape index (κ2) is 33.7. The fraction of sp³-hybridized carbons (Fsp3) is 0. The molecule has 6 heterocycles. The Hall–Kier alpha value is -18.2. The molecule has 0 fully saturated rings. The van der Waals surface area contributed by atoms with Crippen molar-refractivity contribution in [2.45, 2.75) is 0 Å². The van der Waals surface area contributed by atoms with Crippen molar-refractivity contribution in [3.63, 3.8) is 0 Å². The molecule has 0 spiro atoms. The third-order valence-electron chi connectivity index (χ3n) is 26.1. The fourth-order valence-electron chi connectivity index (χ4n) is 19.1. The molecule has 0 aliphatic heterocycles. The lowest BCUT2D eigenvalue weighted by molar-refractivity contribution is 0.672. The Balaban J connectivity index is 0.000000109. The van der Waals surface area contributed by atoms with Gasteiger partial charge in [-0.05, 0) is 162 Å². The van der Waals surface area contributed by atoms with Gasteiger partial charge in [-0.25, -0.2) is 29.9 Å². The Morgan fingerprint density at radius 1 is 0.126 bits per heavy atom. The maximum atomic E-state index is 6.36. The molecule has 0 N–H and O–H groups in total. The maximum absolute atomic E-state index is 6.36. The first kappa shape index (κ1) is 79.0. The molecule has 27 rings (SSSR count). The van der Waals surface area contributed by atoms with E-state index in [0.717, 1.165) is 227 Å². The van der Waals surface area contributed by atoms with Crippen LogP contribution in [-0.4, -0.2) is 29.9 Å². The first-order chi connectivity index (χ1) is 66.8. The van der Waals surface area contributed by atoms with Crippen molar-refractivity contribution in [1.82, 2.24) is 29.9 Å². The van der Waals surface area contributed by atoms with Gasteiger partial charge in [0.1, 0.15) is 33.5 Å². The minimum atomic E-state index is 0.708. The Kier molecular flexibility index (Phi) is 19.7. The van der Waals surface area contributed by atoms with Crippen molar-refractivity contribution in [3.05, 3.63) is 473 Å². The van der Waals surface area contributed by atoms with Gasteiger partial charge in [0.25, 0.3) is 0 Å². The van der Waals surface area contributed by atoms with Crippen molar-refractivity contribution in [2.75, 3.05) is 0 Å². The largest absolute Gasteiger partial charge is 0.455 e. The summed E-state index contributed by atoms with van der Waals surface area (Å²) in [7, 11) is 0. The van der Waals surface area contributed by atoms with Gasteiger partial charge in [-0.15, -0.1) is 0 Å². The number of benzene rings is 21. The number of nitrogens with zero attached hydrogens (tertiary/aromatic N) is 6. The Labute approximate surface area is 776 Å². The zero-order chi connectivity index (χ0) is 89.2. The van der Waals surface area contributed by atoms with Crippen molar-refractivity contribution < 1.29 is 13.3 Å². The predicted molar refractivity (Wildman–Crippen MR) is 558 cm³/mol. The van der Waals surface area contributed by atoms with Gasteiger partial charge >= 0.3 is 0 Å². The van der Waals surface area contributed by atoms with E-state index in [2.05, 4.69) is 376 Å². The third-order valence-corrected chi connectivity index (χ3v) is 26.1. The molecule has 0 aliphatic carbocycles. The van der Waals surface area contributed by atoms with E-state index in [4.69, 9.17) is 43.2 Å². The highest BCUT2D eigenvalue weighted by atomic mass is 16.3. The SMILES string of the molecule is c1ccc(-c2ccc(-c3cccc(-c4nc(-c5ccc(-c6ccc7ccc8c9ccccc9oc8c7c6)cc5)c5ccccc5n4)c3)cc2)cc1.c1ccc(-c2ccc(-c3nc(-c4ccc(-c5ccc6ccc7c8ccccc8oc7c6c5)cc4)c4ccccc4n3)cc2)cc1.c1ccc(-c2nc(-c3ccc(-c4ccc5ccc6c7ccccc7oc6c5c4)cc3)c3ccccc3n2)cc1. The van der Waals surface area contributed by atoms with E-state index >= 15 is 0 Å². The molecule has 135 heavy (non-hydrogen) atoms. The van der Waals surface area contributed by atoms with Crippen LogP contribution >= 0.6 is 0 Å². The van der Waals surface area contributed by atoms with Crippen LogP contribution in [0.5, 0.6) is 0 Å². The topological polar surface area (TPSA) is 117 Å². The number of furan rings is 3. The summed E-state index contributed by atoms with van der Waals surface area (Å²) in [5, 5.41) is 16.8. The molecule has 6 aromatic heterocycles. The van der Waals surface area contributed by atoms with E-state index < -0.39 is 0 Å². The minimum absolute atomic E-state index is 0.708. The Morgan fingerprint density at radius 3 is 0.689 bits per heavy atom. The summed E-state index contributed by atoms with van der Waals surface area (Å²) in [5.74, 6) is 2.16. The van der Waals surface area contributed by atoms with Crippen LogP contribution in [0.2, 0.25) is 0 Å². The number of aromatic nitrogens is 6. The van der Waals surface area contributed by atoms with Crippen LogP contribution < -0.4 is 0 Å². The van der Waals surface area contributed by atoms with Crippen molar-refractivity contribution in [1.29, 1.82) is 0 Å². The van der Waals surface area contributed by atoms with Crippen molar-refractivity contribution in [2.24, 2.45) is 0 Å². The summed E-state index contributed by atoms with van der Waals surface area (Å²) >= 11 is 0. The van der Waals surface area contributed by atoms with Crippen LogP contribution in [0, 0.1) is 0 Å². The molecule has 9 heteroatoms. The molecule has 630 valence electrons. The van der Waals surface area contributed by atoms with Gasteiger partial charge in [0, 0.05) is 98.0 Å². The van der Waals surface area contributed by atoms with Crippen molar-refractivity contribution >= 4 is 131 Å². The average molecular weight is 1720 g/mol. The van der Waals surface area contributed by atoms with Gasteiger partial charge in [0.15, 0.2) is 17.5 Å². The monoisotopic (exact) mass is 1720 g/mol. The highest BCUT2D eigenvalue weighted by Gasteiger charge is 2.21. The minimum Gasteiger partial charge on any atom is -0.455 e. The van der Waals surface area contributed by atoms with E-state index in [1.54, 1.807) is 0 Å². The summed E-state index contributed by atoms with van der Waals surface area (Å²) < 4.78 is 19.0.